The molecule has 11 heavy (non-hydrogen) atoms. The van der Waals surface area contributed by atoms with Gasteiger partial charge >= 0.3 is 0 Å². The summed E-state index contributed by atoms with van der Waals surface area (Å²) in [7, 11) is 0. The van der Waals surface area contributed by atoms with E-state index in [1.807, 2.05) is 0 Å². The smallest absolute Gasteiger partial charge is 0.0355 e. The second-order valence-corrected chi connectivity index (χ2v) is 4.95. The third-order valence-corrected chi connectivity index (χ3v) is 4.60. The van der Waals surface area contributed by atoms with E-state index in [1.54, 1.807) is 44.9 Å². The number of rotatable bonds is 0. The van der Waals surface area contributed by atoms with Crippen LogP contribution in [0.15, 0.2) is 0 Å². The monoisotopic (exact) mass is 150 g/mol. The Kier molecular flexibility index (Phi) is 1.33. The van der Waals surface area contributed by atoms with Gasteiger partial charge in [0, 0.05) is 0 Å². The molecule has 0 heteroatoms. The van der Waals surface area contributed by atoms with Gasteiger partial charge < -0.3 is 0 Å². The van der Waals surface area contributed by atoms with Crippen molar-refractivity contribution in [1.29, 1.82) is 0 Å². The summed E-state index contributed by atoms with van der Waals surface area (Å²) in [6, 6.07) is 0. The van der Waals surface area contributed by atoms with Gasteiger partial charge in [-0.3, -0.25) is 0 Å². The molecule has 3 aliphatic rings. The van der Waals surface area contributed by atoms with Crippen molar-refractivity contribution >= 4 is 0 Å². The SMILES string of the molecule is C1CCC2C(C1)CC1CC[C@H]12. The van der Waals surface area contributed by atoms with Crippen molar-refractivity contribution < 1.29 is 0 Å². The summed E-state index contributed by atoms with van der Waals surface area (Å²) in [5, 5.41) is 0. The van der Waals surface area contributed by atoms with Crippen molar-refractivity contribution in [2.45, 2.75) is 44.9 Å². The van der Waals surface area contributed by atoms with Gasteiger partial charge in [0.25, 0.3) is 0 Å². The molecule has 0 aliphatic heterocycles. The Hall–Kier alpha value is 0. The molecule has 3 saturated carbocycles. The molecule has 3 fully saturated rings. The van der Waals surface area contributed by atoms with Crippen molar-refractivity contribution in [2.24, 2.45) is 23.7 Å². The van der Waals surface area contributed by atoms with E-state index in [0.717, 1.165) is 0 Å². The first-order valence-electron chi connectivity index (χ1n) is 5.45. The van der Waals surface area contributed by atoms with Gasteiger partial charge in [0.15, 0.2) is 0 Å². The van der Waals surface area contributed by atoms with E-state index in [9.17, 15) is 0 Å². The summed E-state index contributed by atoms with van der Waals surface area (Å²) in [5.41, 5.74) is 0. The summed E-state index contributed by atoms with van der Waals surface area (Å²) < 4.78 is 0. The molecule has 0 aromatic heterocycles. The fourth-order valence-electron chi connectivity index (χ4n) is 3.93. The van der Waals surface area contributed by atoms with Gasteiger partial charge in [-0.15, -0.1) is 0 Å². The van der Waals surface area contributed by atoms with Crippen LogP contribution in [0.3, 0.4) is 0 Å². The van der Waals surface area contributed by atoms with Gasteiger partial charge in [-0.1, -0.05) is 19.3 Å². The second-order valence-electron chi connectivity index (χ2n) is 4.95. The largest absolute Gasteiger partial charge is 0.0530 e. The van der Waals surface area contributed by atoms with Gasteiger partial charge in [0.05, 0.1) is 0 Å². The lowest BCUT2D eigenvalue weighted by atomic mass is 9.70. The fraction of sp³-hybridized carbons (Fsp3) is 1.00. The molecule has 0 amide bonds. The third-order valence-electron chi connectivity index (χ3n) is 4.60. The van der Waals surface area contributed by atoms with Crippen LogP contribution in [0, 0.1) is 23.7 Å². The van der Waals surface area contributed by atoms with Crippen LogP contribution in [0.1, 0.15) is 44.9 Å². The first kappa shape index (κ1) is 6.51. The molecule has 0 radical (unpaired) electrons. The number of hydrogen-bond acceptors (Lipinski definition) is 0. The lowest BCUT2D eigenvalue weighted by Crippen LogP contribution is -2.26. The van der Waals surface area contributed by atoms with Crippen LogP contribution >= 0.6 is 0 Å². The molecule has 3 unspecified atom stereocenters. The minimum absolute atomic E-state index is 1.18. The molecule has 0 bridgehead atoms. The minimum Gasteiger partial charge on any atom is -0.0530 e. The van der Waals surface area contributed by atoms with Gasteiger partial charge in [0.1, 0.15) is 0 Å². The molecule has 0 saturated heterocycles. The van der Waals surface area contributed by atoms with Gasteiger partial charge in [-0.25, -0.2) is 0 Å². The zero-order valence-electron chi connectivity index (χ0n) is 7.26. The molecule has 4 atom stereocenters. The summed E-state index contributed by atoms with van der Waals surface area (Å²) in [6.45, 7) is 0. The van der Waals surface area contributed by atoms with Crippen LogP contribution in [0.25, 0.3) is 0 Å². The normalized spacial score (nSPS) is 54.5. The summed E-state index contributed by atoms with van der Waals surface area (Å²) in [5.74, 6) is 4.78. The van der Waals surface area contributed by atoms with Crippen LogP contribution in [-0.4, -0.2) is 0 Å². The lowest BCUT2D eigenvalue weighted by molar-refractivity contribution is 0.144. The van der Waals surface area contributed by atoms with Crippen LogP contribution in [0.4, 0.5) is 0 Å². The van der Waals surface area contributed by atoms with Crippen molar-refractivity contribution in [2.75, 3.05) is 0 Å². The maximum Gasteiger partial charge on any atom is -0.0355 e. The highest BCUT2D eigenvalue weighted by atomic mass is 14.5. The van der Waals surface area contributed by atoms with Crippen molar-refractivity contribution in [3.63, 3.8) is 0 Å². The highest BCUT2D eigenvalue weighted by Crippen LogP contribution is 2.57. The van der Waals surface area contributed by atoms with Crippen LogP contribution < -0.4 is 0 Å². The summed E-state index contributed by atoms with van der Waals surface area (Å²) in [4.78, 5) is 0. The number of hydrogen-bond donors (Lipinski definition) is 0. The Balaban J connectivity index is 1.79. The summed E-state index contributed by atoms with van der Waals surface area (Å²) in [6.07, 6.45) is 11.0. The predicted octanol–water partition coefficient (Wildman–Crippen LogP) is 3.22. The average Bonchev–Trinajstić information content (AvgIpc) is 2.23. The van der Waals surface area contributed by atoms with E-state index in [1.165, 1.54) is 23.7 Å². The van der Waals surface area contributed by atoms with Crippen LogP contribution in [0.5, 0.6) is 0 Å². The highest BCUT2D eigenvalue weighted by Gasteiger charge is 2.47. The topological polar surface area (TPSA) is 0 Å². The van der Waals surface area contributed by atoms with E-state index in [-0.39, 0.29) is 0 Å². The second kappa shape index (κ2) is 2.24. The highest BCUT2D eigenvalue weighted by molar-refractivity contribution is 4.97. The quantitative estimate of drug-likeness (QED) is 0.497. The maximum atomic E-state index is 1.62. The lowest BCUT2D eigenvalue weighted by Gasteiger charge is -2.36. The molecular formula is C11H18. The van der Waals surface area contributed by atoms with Crippen molar-refractivity contribution in [1.82, 2.24) is 0 Å². The Bertz CT molecular complexity index is 161. The Morgan fingerprint density at radius 2 is 1.36 bits per heavy atom. The van der Waals surface area contributed by atoms with Gasteiger partial charge in [0.2, 0.25) is 0 Å². The molecule has 0 aromatic rings. The Morgan fingerprint density at radius 1 is 0.636 bits per heavy atom. The average molecular weight is 150 g/mol. The van der Waals surface area contributed by atoms with Crippen LogP contribution in [-0.2, 0) is 0 Å². The molecule has 0 nitrogen and oxygen atoms in total. The minimum atomic E-state index is 1.18. The zero-order valence-corrected chi connectivity index (χ0v) is 7.26. The summed E-state index contributed by atoms with van der Waals surface area (Å²) >= 11 is 0. The number of fused-ring (bicyclic) bond motifs is 3. The molecule has 3 aliphatic carbocycles. The molecule has 0 N–H and O–H groups in total. The maximum absolute atomic E-state index is 1.62. The van der Waals surface area contributed by atoms with E-state index in [0.29, 0.717) is 0 Å². The van der Waals surface area contributed by atoms with E-state index in [4.69, 9.17) is 0 Å². The first-order chi connectivity index (χ1) is 5.45. The zero-order chi connectivity index (χ0) is 7.26. The molecule has 3 rings (SSSR count). The van der Waals surface area contributed by atoms with Crippen LogP contribution in [0.2, 0.25) is 0 Å². The van der Waals surface area contributed by atoms with Crippen molar-refractivity contribution in [3.05, 3.63) is 0 Å². The van der Waals surface area contributed by atoms with Crippen molar-refractivity contribution in [3.8, 4) is 0 Å². The standard InChI is InChI=1S/C11H18/c1-2-4-10-8(3-1)7-9-5-6-11(9)10/h8-11H,1-7H2/t8?,9?,10?,11-/m1/s1. The predicted molar refractivity (Wildman–Crippen MR) is 46.3 cm³/mol. The molecule has 0 heterocycles. The third kappa shape index (κ3) is 0.816. The molecule has 0 spiro atoms. The van der Waals surface area contributed by atoms with E-state index < -0.39 is 0 Å². The fourth-order valence-corrected chi connectivity index (χ4v) is 3.93. The molecule has 62 valence electrons. The molecule has 0 aromatic carbocycles. The van der Waals surface area contributed by atoms with Gasteiger partial charge in [-0.2, -0.15) is 0 Å². The first-order valence-corrected chi connectivity index (χ1v) is 5.45. The molecular weight excluding hydrogens is 132 g/mol. The Labute approximate surface area is 69.4 Å². The van der Waals surface area contributed by atoms with Gasteiger partial charge in [-0.05, 0) is 49.4 Å². The van der Waals surface area contributed by atoms with E-state index >= 15 is 0 Å². The Morgan fingerprint density at radius 3 is 2.18 bits per heavy atom. The van der Waals surface area contributed by atoms with E-state index in [2.05, 4.69) is 0 Å².